The van der Waals surface area contributed by atoms with Crippen LogP contribution in [0.5, 0.6) is 0 Å². The minimum atomic E-state index is -4.22. The number of alkyl halides is 3. The lowest BCUT2D eigenvalue weighted by molar-refractivity contribution is -0.384. The second-order valence-electron chi connectivity index (χ2n) is 5.68. The summed E-state index contributed by atoms with van der Waals surface area (Å²) < 4.78 is 37.9. The summed E-state index contributed by atoms with van der Waals surface area (Å²) in [5, 5.41) is 11.1. The smallest absolute Gasteiger partial charge is 0.348 e. The number of piperazine rings is 1. The summed E-state index contributed by atoms with van der Waals surface area (Å²) in [4.78, 5) is 17.9. The number of aromatic nitrogens is 1. The lowest BCUT2D eigenvalue weighted by Crippen LogP contribution is -2.56. The van der Waals surface area contributed by atoms with Gasteiger partial charge in [0.2, 0.25) is 5.82 Å². The average molecular weight is 316 g/mol. The van der Waals surface area contributed by atoms with E-state index in [-0.39, 0.29) is 23.6 Å². The molecule has 0 amide bonds. The van der Waals surface area contributed by atoms with Crippen LogP contribution < -0.4 is 4.90 Å². The molecule has 3 rings (SSSR count). The Morgan fingerprint density at radius 1 is 1.32 bits per heavy atom. The highest BCUT2D eigenvalue weighted by molar-refractivity contribution is 5.58. The molecule has 120 valence electrons. The van der Waals surface area contributed by atoms with E-state index in [1.807, 2.05) is 0 Å². The Morgan fingerprint density at radius 3 is 2.50 bits per heavy atom. The van der Waals surface area contributed by atoms with Gasteiger partial charge in [-0.3, -0.25) is 15.0 Å². The molecular weight excluding hydrogens is 301 g/mol. The van der Waals surface area contributed by atoms with Crippen LogP contribution in [-0.4, -0.2) is 52.7 Å². The van der Waals surface area contributed by atoms with E-state index in [1.54, 1.807) is 4.90 Å². The van der Waals surface area contributed by atoms with Crippen molar-refractivity contribution in [2.24, 2.45) is 0 Å². The Morgan fingerprint density at radius 2 is 1.95 bits per heavy atom. The largest absolute Gasteiger partial charge is 0.401 e. The fourth-order valence-electron chi connectivity index (χ4n) is 3.40. The number of pyridine rings is 1. The zero-order valence-electron chi connectivity index (χ0n) is 11.7. The molecule has 2 unspecified atom stereocenters. The van der Waals surface area contributed by atoms with Gasteiger partial charge < -0.3 is 4.90 Å². The van der Waals surface area contributed by atoms with Crippen LogP contribution in [0.25, 0.3) is 0 Å². The molecule has 9 heteroatoms. The number of hydrogen-bond donors (Lipinski definition) is 0. The van der Waals surface area contributed by atoms with Gasteiger partial charge in [-0.2, -0.15) is 13.2 Å². The Bertz CT molecular complexity index is 567. The van der Waals surface area contributed by atoms with Crippen LogP contribution in [0.1, 0.15) is 12.8 Å². The van der Waals surface area contributed by atoms with Crippen LogP contribution in [0.4, 0.5) is 24.7 Å². The average Bonchev–Trinajstić information content (AvgIpc) is 2.68. The topological polar surface area (TPSA) is 62.5 Å². The van der Waals surface area contributed by atoms with Gasteiger partial charge in [0, 0.05) is 37.4 Å². The Balaban J connectivity index is 1.80. The van der Waals surface area contributed by atoms with Crippen molar-refractivity contribution >= 4 is 11.5 Å². The number of nitro groups is 1. The first kappa shape index (κ1) is 15.0. The van der Waals surface area contributed by atoms with Crippen molar-refractivity contribution in [2.75, 3.05) is 24.5 Å². The normalized spacial score (nSPS) is 25.5. The molecule has 1 aromatic rings. The van der Waals surface area contributed by atoms with Crippen LogP contribution in [-0.2, 0) is 0 Å². The molecule has 2 aliphatic rings. The second-order valence-corrected chi connectivity index (χ2v) is 5.68. The summed E-state index contributed by atoms with van der Waals surface area (Å²) >= 11 is 0. The number of nitrogens with zero attached hydrogens (tertiary/aromatic N) is 4. The van der Waals surface area contributed by atoms with Gasteiger partial charge in [-0.15, -0.1) is 0 Å². The molecular formula is C13H15F3N4O2. The van der Waals surface area contributed by atoms with Crippen molar-refractivity contribution in [3.8, 4) is 0 Å². The molecule has 2 aliphatic heterocycles. The van der Waals surface area contributed by atoms with Crippen molar-refractivity contribution in [1.29, 1.82) is 0 Å². The van der Waals surface area contributed by atoms with E-state index in [0.717, 1.165) is 0 Å². The predicted octanol–water partition coefficient (Wildman–Crippen LogP) is 2.21. The summed E-state index contributed by atoms with van der Waals surface area (Å²) in [6.45, 7) is -0.241. The third-order valence-corrected chi connectivity index (χ3v) is 4.26. The van der Waals surface area contributed by atoms with E-state index in [1.165, 1.54) is 23.2 Å². The van der Waals surface area contributed by atoms with Crippen molar-refractivity contribution in [1.82, 2.24) is 9.88 Å². The summed E-state index contributed by atoms with van der Waals surface area (Å²) in [7, 11) is 0. The standard InChI is InChI=1S/C13H15F3N4O2/c14-13(15,16)8-19-9-3-4-10(19)7-18(6-9)12-11(20(21)22)2-1-5-17-12/h1-2,5,9-10H,3-4,6-8H2. The molecule has 3 heterocycles. The monoisotopic (exact) mass is 316 g/mol. The Hall–Kier alpha value is -1.90. The fourth-order valence-corrected chi connectivity index (χ4v) is 3.40. The van der Waals surface area contributed by atoms with Crippen LogP contribution in [0, 0.1) is 10.1 Å². The Kier molecular flexibility index (Phi) is 3.67. The fraction of sp³-hybridized carbons (Fsp3) is 0.615. The van der Waals surface area contributed by atoms with E-state index < -0.39 is 17.6 Å². The molecule has 6 nitrogen and oxygen atoms in total. The summed E-state index contributed by atoms with van der Waals surface area (Å²) in [6, 6.07) is 2.38. The number of anilines is 1. The summed E-state index contributed by atoms with van der Waals surface area (Å²) in [5.74, 6) is 0.246. The van der Waals surface area contributed by atoms with Gasteiger partial charge in [0.1, 0.15) is 0 Å². The second kappa shape index (κ2) is 5.38. The maximum atomic E-state index is 12.6. The lowest BCUT2D eigenvalue weighted by Gasteiger charge is -2.41. The zero-order chi connectivity index (χ0) is 15.9. The zero-order valence-corrected chi connectivity index (χ0v) is 11.7. The summed E-state index contributed by atoms with van der Waals surface area (Å²) in [5.41, 5.74) is -0.105. The van der Waals surface area contributed by atoms with E-state index in [4.69, 9.17) is 0 Å². The molecule has 0 aromatic carbocycles. The van der Waals surface area contributed by atoms with Crippen LogP contribution in [0.15, 0.2) is 18.3 Å². The predicted molar refractivity (Wildman–Crippen MR) is 72.7 cm³/mol. The number of hydrogen-bond acceptors (Lipinski definition) is 5. The SMILES string of the molecule is O=[N+]([O-])c1cccnc1N1CC2CCC(C1)N2CC(F)(F)F. The first-order chi connectivity index (χ1) is 10.3. The van der Waals surface area contributed by atoms with Crippen LogP contribution in [0.3, 0.4) is 0 Å². The quantitative estimate of drug-likeness (QED) is 0.632. The van der Waals surface area contributed by atoms with Gasteiger partial charge in [0.05, 0.1) is 11.5 Å². The molecule has 2 fully saturated rings. The van der Waals surface area contributed by atoms with Crippen molar-refractivity contribution in [3.63, 3.8) is 0 Å². The van der Waals surface area contributed by atoms with E-state index in [9.17, 15) is 23.3 Å². The minimum absolute atomic E-state index is 0.105. The lowest BCUT2D eigenvalue weighted by atomic mass is 10.1. The molecule has 0 radical (unpaired) electrons. The van der Waals surface area contributed by atoms with Gasteiger partial charge >= 0.3 is 11.9 Å². The van der Waals surface area contributed by atoms with Gasteiger partial charge in [-0.1, -0.05) is 0 Å². The van der Waals surface area contributed by atoms with Crippen molar-refractivity contribution < 1.29 is 18.1 Å². The van der Waals surface area contributed by atoms with E-state index in [0.29, 0.717) is 25.9 Å². The van der Waals surface area contributed by atoms with Crippen molar-refractivity contribution in [2.45, 2.75) is 31.1 Å². The molecule has 0 aliphatic carbocycles. The maximum Gasteiger partial charge on any atom is 0.401 e. The number of rotatable bonds is 3. The third kappa shape index (κ3) is 2.85. The highest BCUT2D eigenvalue weighted by Crippen LogP contribution is 2.36. The summed E-state index contributed by atoms with van der Waals surface area (Å²) in [6.07, 6.45) is -1.40. The van der Waals surface area contributed by atoms with Gasteiger partial charge in [-0.25, -0.2) is 4.98 Å². The maximum absolute atomic E-state index is 12.6. The molecule has 1 aromatic heterocycles. The Labute approximate surface area is 124 Å². The van der Waals surface area contributed by atoms with Crippen molar-refractivity contribution in [3.05, 3.63) is 28.4 Å². The molecule has 2 bridgehead atoms. The number of halogens is 3. The molecule has 22 heavy (non-hydrogen) atoms. The van der Waals surface area contributed by atoms with E-state index >= 15 is 0 Å². The minimum Gasteiger partial charge on any atom is -0.348 e. The highest BCUT2D eigenvalue weighted by Gasteiger charge is 2.45. The van der Waals surface area contributed by atoms with Gasteiger partial charge in [0.25, 0.3) is 0 Å². The van der Waals surface area contributed by atoms with Crippen LogP contribution >= 0.6 is 0 Å². The molecule has 0 spiro atoms. The molecule has 2 saturated heterocycles. The van der Waals surface area contributed by atoms with Gasteiger partial charge in [-0.05, 0) is 18.9 Å². The first-order valence-corrected chi connectivity index (χ1v) is 7.02. The van der Waals surface area contributed by atoms with Crippen LogP contribution in [0.2, 0.25) is 0 Å². The first-order valence-electron chi connectivity index (χ1n) is 7.02. The highest BCUT2D eigenvalue weighted by atomic mass is 19.4. The molecule has 2 atom stereocenters. The third-order valence-electron chi connectivity index (χ3n) is 4.26. The number of fused-ring (bicyclic) bond motifs is 2. The molecule has 0 saturated carbocycles. The van der Waals surface area contributed by atoms with E-state index in [2.05, 4.69) is 4.98 Å². The molecule has 0 N–H and O–H groups in total. The van der Waals surface area contributed by atoms with Gasteiger partial charge in [0.15, 0.2) is 0 Å².